The topological polar surface area (TPSA) is 22.1 Å². The van der Waals surface area contributed by atoms with Crippen molar-refractivity contribution in [1.29, 1.82) is 0 Å². The van der Waals surface area contributed by atoms with Gasteiger partial charge in [0.1, 0.15) is 29.5 Å². The van der Waals surface area contributed by atoms with Gasteiger partial charge in [0.15, 0.2) is 0 Å². The highest BCUT2D eigenvalue weighted by Crippen LogP contribution is 2.24. The summed E-state index contributed by atoms with van der Waals surface area (Å²) in [6.07, 6.45) is 1.68. The summed E-state index contributed by atoms with van der Waals surface area (Å²) in [5, 5.41) is 0.954. The molecular formula is C16H11F2NO. The van der Waals surface area contributed by atoms with Crippen LogP contribution in [0, 0.1) is 11.6 Å². The summed E-state index contributed by atoms with van der Waals surface area (Å²) in [4.78, 5) is 4.26. The number of hydrogen-bond acceptors (Lipinski definition) is 2. The van der Waals surface area contributed by atoms with E-state index in [1.807, 2.05) is 24.3 Å². The molecule has 1 aromatic heterocycles. The third-order valence-electron chi connectivity index (χ3n) is 2.91. The molecule has 2 aromatic carbocycles. The minimum absolute atomic E-state index is 0.0877. The Morgan fingerprint density at radius 3 is 2.50 bits per heavy atom. The lowest BCUT2D eigenvalue weighted by atomic mass is 10.2. The van der Waals surface area contributed by atoms with Crippen molar-refractivity contribution >= 4 is 10.9 Å². The zero-order chi connectivity index (χ0) is 13.9. The van der Waals surface area contributed by atoms with Crippen molar-refractivity contribution in [3.63, 3.8) is 0 Å². The molecule has 0 amide bonds. The number of fused-ring (bicyclic) bond motifs is 1. The molecule has 0 fully saturated rings. The van der Waals surface area contributed by atoms with Gasteiger partial charge < -0.3 is 4.74 Å². The van der Waals surface area contributed by atoms with E-state index in [0.717, 1.165) is 17.0 Å². The van der Waals surface area contributed by atoms with Gasteiger partial charge in [-0.25, -0.2) is 8.78 Å². The molecule has 0 unspecified atom stereocenters. The second-order valence-corrected chi connectivity index (χ2v) is 4.40. The molecule has 0 aliphatic rings. The number of halogens is 2. The van der Waals surface area contributed by atoms with Gasteiger partial charge in [0.05, 0.1) is 0 Å². The fourth-order valence-electron chi connectivity index (χ4n) is 2.05. The van der Waals surface area contributed by atoms with Gasteiger partial charge in [0.25, 0.3) is 0 Å². The number of benzene rings is 2. The quantitative estimate of drug-likeness (QED) is 0.715. The Hall–Kier alpha value is -2.49. The lowest BCUT2D eigenvalue weighted by molar-refractivity contribution is 0.308. The van der Waals surface area contributed by atoms with E-state index in [-0.39, 0.29) is 6.61 Å². The number of aromatic nitrogens is 1. The molecule has 3 aromatic rings. The molecule has 0 saturated carbocycles. The molecule has 0 saturated heterocycles. The molecule has 100 valence electrons. The van der Waals surface area contributed by atoms with Crippen LogP contribution in [0.1, 0.15) is 5.56 Å². The second-order valence-electron chi connectivity index (χ2n) is 4.40. The van der Waals surface area contributed by atoms with Gasteiger partial charge in [-0.3, -0.25) is 4.98 Å². The molecule has 0 spiro atoms. The fourth-order valence-corrected chi connectivity index (χ4v) is 2.05. The van der Waals surface area contributed by atoms with Crippen LogP contribution in [0.4, 0.5) is 8.78 Å². The number of nitrogens with zero attached hydrogens (tertiary/aromatic N) is 1. The molecule has 3 rings (SSSR count). The van der Waals surface area contributed by atoms with Crippen LogP contribution in [0.2, 0.25) is 0 Å². The highest BCUT2D eigenvalue weighted by atomic mass is 19.1. The number of pyridine rings is 1. The zero-order valence-electron chi connectivity index (χ0n) is 10.5. The summed E-state index contributed by atoms with van der Waals surface area (Å²) in [6, 6.07) is 12.7. The van der Waals surface area contributed by atoms with Crippen molar-refractivity contribution in [3.8, 4) is 5.75 Å². The maximum absolute atomic E-state index is 13.1. The van der Waals surface area contributed by atoms with Crippen LogP contribution in [0.15, 0.2) is 54.7 Å². The highest BCUT2D eigenvalue weighted by Gasteiger charge is 2.05. The third-order valence-corrected chi connectivity index (χ3v) is 2.91. The average molecular weight is 271 g/mol. The van der Waals surface area contributed by atoms with Crippen LogP contribution >= 0.6 is 0 Å². The van der Waals surface area contributed by atoms with E-state index in [1.165, 1.54) is 12.1 Å². The van der Waals surface area contributed by atoms with Gasteiger partial charge in [0, 0.05) is 17.6 Å². The SMILES string of the molecule is Fc1cc(F)cc(COc2cccc3cccnc23)c1. The van der Waals surface area contributed by atoms with Crippen molar-refractivity contribution in [2.75, 3.05) is 0 Å². The molecule has 0 aliphatic carbocycles. The van der Waals surface area contributed by atoms with E-state index < -0.39 is 11.6 Å². The Morgan fingerprint density at radius 2 is 1.70 bits per heavy atom. The van der Waals surface area contributed by atoms with Crippen molar-refractivity contribution < 1.29 is 13.5 Å². The molecule has 2 nitrogen and oxygen atoms in total. The highest BCUT2D eigenvalue weighted by molar-refractivity contribution is 5.84. The van der Waals surface area contributed by atoms with Crippen LogP contribution in [-0.4, -0.2) is 4.98 Å². The van der Waals surface area contributed by atoms with Crippen molar-refractivity contribution in [2.24, 2.45) is 0 Å². The van der Waals surface area contributed by atoms with E-state index in [2.05, 4.69) is 4.98 Å². The number of para-hydroxylation sites is 1. The summed E-state index contributed by atoms with van der Waals surface area (Å²) >= 11 is 0. The molecule has 0 aliphatic heterocycles. The van der Waals surface area contributed by atoms with Crippen LogP contribution in [0.25, 0.3) is 10.9 Å². The third kappa shape index (κ3) is 2.59. The van der Waals surface area contributed by atoms with Crippen LogP contribution in [0.3, 0.4) is 0 Å². The lowest BCUT2D eigenvalue weighted by Crippen LogP contribution is -1.98. The Morgan fingerprint density at radius 1 is 0.950 bits per heavy atom. The summed E-state index contributed by atoms with van der Waals surface area (Å²) in [7, 11) is 0. The molecule has 0 bridgehead atoms. The Balaban J connectivity index is 1.87. The van der Waals surface area contributed by atoms with Gasteiger partial charge in [-0.1, -0.05) is 18.2 Å². The molecule has 20 heavy (non-hydrogen) atoms. The van der Waals surface area contributed by atoms with Gasteiger partial charge in [-0.2, -0.15) is 0 Å². The summed E-state index contributed by atoms with van der Waals surface area (Å²) in [6.45, 7) is 0.0877. The van der Waals surface area contributed by atoms with Gasteiger partial charge in [0.2, 0.25) is 0 Å². The minimum Gasteiger partial charge on any atom is -0.487 e. The fraction of sp³-hybridized carbons (Fsp3) is 0.0625. The Bertz CT molecular complexity index is 733. The maximum atomic E-state index is 13.1. The van der Waals surface area contributed by atoms with Gasteiger partial charge >= 0.3 is 0 Å². The van der Waals surface area contributed by atoms with E-state index in [4.69, 9.17) is 4.74 Å². The first-order valence-electron chi connectivity index (χ1n) is 6.14. The first-order valence-corrected chi connectivity index (χ1v) is 6.14. The van der Waals surface area contributed by atoms with Crippen LogP contribution in [-0.2, 0) is 6.61 Å². The van der Waals surface area contributed by atoms with Crippen molar-refractivity contribution in [3.05, 3.63) is 71.9 Å². The lowest BCUT2D eigenvalue weighted by Gasteiger charge is -2.09. The number of hydrogen-bond donors (Lipinski definition) is 0. The zero-order valence-corrected chi connectivity index (χ0v) is 10.5. The number of rotatable bonds is 3. The predicted octanol–water partition coefficient (Wildman–Crippen LogP) is 4.09. The number of ether oxygens (including phenoxy) is 1. The van der Waals surface area contributed by atoms with E-state index in [0.29, 0.717) is 11.3 Å². The second kappa shape index (κ2) is 5.25. The summed E-state index contributed by atoms with van der Waals surface area (Å²) in [5.41, 5.74) is 1.17. The van der Waals surface area contributed by atoms with Crippen LogP contribution in [0.5, 0.6) is 5.75 Å². The Kier molecular flexibility index (Phi) is 3.29. The monoisotopic (exact) mass is 271 g/mol. The molecule has 1 heterocycles. The smallest absolute Gasteiger partial charge is 0.146 e. The molecular weight excluding hydrogens is 260 g/mol. The van der Waals surface area contributed by atoms with E-state index in [9.17, 15) is 8.78 Å². The average Bonchev–Trinajstić information content (AvgIpc) is 2.44. The normalized spacial score (nSPS) is 10.7. The summed E-state index contributed by atoms with van der Waals surface area (Å²) < 4.78 is 31.8. The molecule has 0 N–H and O–H groups in total. The predicted molar refractivity (Wildman–Crippen MR) is 72.4 cm³/mol. The van der Waals surface area contributed by atoms with Crippen molar-refractivity contribution in [2.45, 2.75) is 6.61 Å². The first kappa shape index (κ1) is 12.5. The molecule has 0 atom stereocenters. The Labute approximate surface area is 114 Å². The molecule has 0 radical (unpaired) electrons. The largest absolute Gasteiger partial charge is 0.487 e. The minimum atomic E-state index is -0.611. The molecule has 4 heteroatoms. The van der Waals surface area contributed by atoms with Crippen molar-refractivity contribution in [1.82, 2.24) is 4.98 Å². The summed E-state index contributed by atoms with van der Waals surface area (Å²) in [5.74, 6) is -0.632. The maximum Gasteiger partial charge on any atom is 0.146 e. The first-order chi connectivity index (χ1) is 9.72. The van der Waals surface area contributed by atoms with Crippen LogP contribution < -0.4 is 4.74 Å². The van der Waals surface area contributed by atoms with E-state index >= 15 is 0 Å². The van der Waals surface area contributed by atoms with Gasteiger partial charge in [-0.15, -0.1) is 0 Å². The van der Waals surface area contributed by atoms with Gasteiger partial charge in [-0.05, 0) is 29.8 Å². The van der Waals surface area contributed by atoms with E-state index in [1.54, 1.807) is 12.3 Å². The standard InChI is InChI=1S/C16H11F2NO/c17-13-7-11(8-14(18)9-13)10-20-15-5-1-3-12-4-2-6-19-16(12)15/h1-9H,10H2.